The van der Waals surface area contributed by atoms with Crippen molar-refractivity contribution in [3.63, 3.8) is 0 Å². The first-order valence-corrected chi connectivity index (χ1v) is 6.58. The Balaban J connectivity index is 1.95. The fraction of sp³-hybridized carbons (Fsp3) is 0.286. The fourth-order valence-corrected chi connectivity index (χ4v) is 2.05. The van der Waals surface area contributed by atoms with Crippen LogP contribution in [0.5, 0.6) is 0 Å². The third kappa shape index (κ3) is 3.65. The molecule has 0 radical (unpaired) electrons. The zero-order valence-corrected chi connectivity index (χ0v) is 11.6. The molecule has 2 aromatic rings. The van der Waals surface area contributed by atoms with Crippen molar-refractivity contribution in [3.8, 4) is 0 Å². The van der Waals surface area contributed by atoms with Crippen LogP contribution in [0, 0.1) is 17.0 Å². The Labute approximate surface area is 121 Å². The van der Waals surface area contributed by atoms with E-state index in [1.54, 1.807) is 18.3 Å². The molecule has 7 heteroatoms. The predicted molar refractivity (Wildman–Crippen MR) is 78.6 cm³/mol. The third-order valence-electron chi connectivity index (χ3n) is 3.23. The number of anilines is 1. The molecule has 2 N–H and O–H groups in total. The molecule has 21 heavy (non-hydrogen) atoms. The number of carbonyl (C=O) groups excluding carboxylic acids is 1. The molecule has 0 spiro atoms. The second-order valence-electron chi connectivity index (χ2n) is 4.70. The van der Waals surface area contributed by atoms with Crippen LogP contribution >= 0.6 is 0 Å². The van der Waals surface area contributed by atoms with Crippen molar-refractivity contribution in [2.24, 2.45) is 0 Å². The molecule has 0 aliphatic carbocycles. The first-order chi connectivity index (χ1) is 10.1. The summed E-state index contributed by atoms with van der Waals surface area (Å²) in [6, 6.07) is 4.39. The van der Waals surface area contributed by atoms with Gasteiger partial charge in [0, 0.05) is 23.9 Å². The highest BCUT2D eigenvalue weighted by atomic mass is 16.6. The minimum Gasteiger partial charge on any atom is -0.379 e. The van der Waals surface area contributed by atoms with E-state index < -0.39 is 4.92 Å². The van der Waals surface area contributed by atoms with Gasteiger partial charge in [-0.2, -0.15) is 5.10 Å². The number of nitrogens with one attached hydrogen (secondary N) is 2. The van der Waals surface area contributed by atoms with Crippen molar-refractivity contribution >= 4 is 17.7 Å². The molecule has 0 atom stereocenters. The number of H-pyrrole nitrogens is 1. The van der Waals surface area contributed by atoms with Gasteiger partial charge in [-0.15, -0.1) is 0 Å². The van der Waals surface area contributed by atoms with Crippen LogP contribution < -0.4 is 5.32 Å². The van der Waals surface area contributed by atoms with E-state index in [1.165, 1.54) is 6.07 Å². The van der Waals surface area contributed by atoms with E-state index in [-0.39, 0.29) is 5.69 Å². The van der Waals surface area contributed by atoms with Gasteiger partial charge in [0.1, 0.15) is 12.0 Å². The van der Waals surface area contributed by atoms with Crippen LogP contribution in [0.4, 0.5) is 11.4 Å². The SMILES string of the molecule is Cc1[nH]ncc1CCCNc1ccc(C=O)cc1[N+](=O)[O-]. The molecule has 0 bridgehead atoms. The predicted octanol–water partition coefficient (Wildman–Crippen LogP) is 2.48. The standard InChI is InChI=1S/C14H16N4O3/c1-10-12(8-16-17-10)3-2-6-15-13-5-4-11(9-19)7-14(13)18(20)21/h4-5,7-9,15H,2-3,6H2,1H3,(H,16,17). The van der Waals surface area contributed by atoms with Crippen molar-refractivity contribution < 1.29 is 9.72 Å². The lowest BCUT2D eigenvalue weighted by molar-refractivity contribution is -0.384. The number of rotatable bonds is 7. The molecule has 0 saturated carbocycles. The number of nitro benzene ring substituents is 1. The number of nitro groups is 1. The number of aromatic amines is 1. The normalized spacial score (nSPS) is 10.3. The van der Waals surface area contributed by atoms with Crippen molar-refractivity contribution in [2.75, 3.05) is 11.9 Å². The maximum Gasteiger partial charge on any atom is 0.293 e. The van der Waals surface area contributed by atoms with E-state index in [0.29, 0.717) is 24.1 Å². The van der Waals surface area contributed by atoms with Gasteiger partial charge in [0.25, 0.3) is 5.69 Å². The van der Waals surface area contributed by atoms with Gasteiger partial charge in [0.15, 0.2) is 0 Å². The summed E-state index contributed by atoms with van der Waals surface area (Å²) < 4.78 is 0. The number of aromatic nitrogens is 2. The Morgan fingerprint density at radius 3 is 2.90 bits per heavy atom. The number of hydrogen-bond donors (Lipinski definition) is 2. The minimum atomic E-state index is -0.491. The molecule has 0 aliphatic rings. The summed E-state index contributed by atoms with van der Waals surface area (Å²) in [7, 11) is 0. The lowest BCUT2D eigenvalue weighted by Crippen LogP contribution is -2.06. The maximum atomic E-state index is 11.0. The van der Waals surface area contributed by atoms with E-state index in [1.807, 2.05) is 6.92 Å². The Kier molecular flexibility index (Phi) is 4.65. The van der Waals surface area contributed by atoms with Crippen molar-refractivity contribution in [2.45, 2.75) is 19.8 Å². The molecule has 1 heterocycles. The van der Waals surface area contributed by atoms with Crippen molar-refractivity contribution in [3.05, 3.63) is 51.3 Å². The van der Waals surface area contributed by atoms with Crippen LogP contribution in [0.2, 0.25) is 0 Å². The summed E-state index contributed by atoms with van der Waals surface area (Å²) in [4.78, 5) is 21.2. The van der Waals surface area contributed by atoms with Crippen LogP contribution in [0.3, 0.4) is 0 Å². The summed E-state index contributed by atoms with van der Waals surface area (Å²) in [6.07, 6.45) is 4.05. The molecule has 0 aliphatic heterocycles. The van der Waals surface area contributed by atoms with Crippen molar-refractivity contribution in [1.29, 1.82) is 0 Å². The molecule has 7 nitrogen and oxygen atoms in total. The summed E-state index contributed by atoms with van der Waals surface area (Å²) in [5, 5.41) is 20.8. The van der Waals surface area contributed by atoms with E-state index in [9.17, 15) is 14.9 Å². The summed E-state index contributed by atoms with van der Waals surface area (Å²) in [5.74, 6) is 0. The summed E-state index contributed by atoms with van der Waals surface area (Å²) in [5.41, 5.74) is 2.81. The highest BCUT2D eigenvalue weighted by Crippen LogP contribution is 2.25. The maximum absolute atomic E-state index is 11.0. The lowest BCUT2D eigenvalue weighted by atomic mass is 10.1. The van der Waals surface area contributed by atoms with E-state index >= 15 is 0 Å². The van der Waals surface area contributed by atoms with E-state index in [0.717, 1.165) is 24.1 Å². The average Bonchev–Trinajstić information content (AvgIpc) is 2.89. The topological polar surface area (TPSA) is 101 Å². The zero-order chi connectivity index (χ0) is 15.2. The van der Waals surface area contributed by atoms with Gasteiger partial charge in [0.05, 0.1) is 11.1 Å². The Bertz CT molecular complexity index is 651. The third-order valence-corrected chi connectivity index (χ3v) is 3.23. The van der Waals surface area contributed by atoms with Gasteiger partial charge in [-0.1, -0.05) is 0 Å². The fourth-order valence-electron chi connectivity index (χ4n) is 2.05. The highest BCUT2D eigenvalue weighted by Gasteiger charge is 2.14. The lowest BCUT2D eigenvalue weighted by Gasteiger charge is -2.07. The molecule has 0 saturated heterocycles. The van der Waals surface area contributed by atoms with Crippen molar-refractivity contribution in [1.82, 2.24) is 10.2 Å². The molecule has 0 amide bonds. The monoisotopic (exact) mass is 288 g/mol. The Morgan fingerprint density at radius 2 is 2.29 bits per heavy atom. The average molecular weight is 288 g/mol. The van der Waals surface area contributed by atoms with Crippen LogP contribution in [-0.2, 0) is 6.42 Å². The second kappa shape index (κ2) is 6.65. The Morgan fingerprint density at radius 1 is 1.48 bits per heavy atom. The van der Waals surface area contributed by atoms with Gasteiger partial charge in [-0.05, 0) is 37.5 Å². The number of nitrogens with zero attached hydrogens (tertiary/aromatic N) is 2. The van der Waals surface area contributed by atoms with Gasteiger partial charge in [-0.25, -0.2) is 0 Å². The number of benzene rings is 1. The number of carbonyl (C=O) groups is 1. The summed E-state index contributed by atoms with van der Waals surface area (Å²) in [6.45, 7) is 2.56. The Hall–Kier alpha value is -2.70. The quantitative estimate of drug-likeness (QED) is 0.353. The first-order valence-electron chi connectivity index (χ1n) is 6.58. The molecule has 1 aromatic carbocycles. The van der Waals surface area contributed by atoms with E-state index in [2.05, 4.69) is 15.5 Å². The minimum absolute atomic E-state index is 0.0842. The van der Waals surface area contributed by atoms with Gasteiger partial charge in [0.2, 0.25) is 0 Å². The van der Waals surface area contributed by atoms with Crippen LogP contribution in [0.1, 0.15) is 28.0 Å². The second-order valence-corrected chi connectivity index (χ2v) is 4.70. The highest BCUT2D eigenvalue weighted by molar-refractivity contribution is 5.79. The zero-order valence-electron chi connectivity index (χ0n) is 11.6. The molecule has 0 fully saturated rings. The van der Waals surface area contributed by atoms with Gasteiger partial charge in [-0.3, -0.25) is 20.0 Å². The molecular formula is C14H16N4O3. The molecule has 2 rings (SSSR count). The van der Waals surface area contributed by atoms with E-state index in [4.69, 9.17) is 0 Å². The summed E-state index contributed by atoms with van der Waals surface area (Å²) >= 11 is 0. The first kappa shape index (κ1) is 14.7. The van der Waals surface area contributed by atoms with Crippen LogP contribution in [0.15, 0.2) is 24.4 Å². The largest absolute Gasteiger partial charge is 0.379 e. The van der Waals surface area contributed by atoms with Gasteiger partial charge >= 0.3 is 0 Å². The van der Waals surface area contributed by atoms with Crippen LogP contribution in [0.25, 0.3) is 0 Å². The number of aldehydes is 1. The number of hydrogen-bond acceptors (Lipinski definition) is 5. The molecule has 0 unspecified atom stereocenters. The molecular weight excluding hydrogens is 272 g/mol. The van der Waals surface area contributed by atoms with Gasteiger partial charge < -0.3 is 5.32 Å². The van der Waals surface area contributed by atoms with Crippen LogP contribution in [-0.4, -0.2) is 28.0 Å². The number of aryl methyl sites for hydroxylation is 2. The molecule has 1 aromatic heterocycles. The molecule has 110 valence electrons. The smallest absolute Gasteiger partial charge is 0.293 e.